The minimum absolute atomic E-state index is 0.0383. The van der Waals surface area contributed by atoms with Gasteiger partial charge in [-0.05, 0) is 70.6 Å². The van der Waals surface area contributed by atoms with Gasteiger partial charge >= 0.3 is 7.82 Å². The van der Waals surface area contributed by atoms with Crippen LogP contribution in [0.2, 0.25) is 0 Å². The Morgan fingerprint density at radius 2 is 1.19 bits per heavy atom. The normalized spacial score (nSPS) is 15.5. The first-order chi connectivity index (χ1) is 23.3. The number of amides is 1. The molecule has 0 aromatic carbocycles. The Bertz CT molecular complexity index is 909. The summed E-state index contributed by atoms with van der Waals surface area (Å²) in [5, 5.41) is 23.8. The van der Waals surface area contributed by atoms with Crippen LogP contribution in [0.15, 0.2) is 48.6 Å². The van der Waals surface area contributed by atoms with Crippen LogP contribution in [-0.4, -0.2) is 59.0 Å². The van der Waals surface area contributed by atoms with Gasteiger partial charge in [0.2, 0.25) is 5.91 Å². The van der Waals surface area contributed by atoms with E-state index in [2.05, 4.69) is 55.6 Å². The van der Waals surface area contributed by atoms with E-state index in [1.807, 2.05) is 6.08 Å². The molecule has 0 bridgehead atoms. The van der Waals surface area contributed by atoms with Crippen molar-refractivity contribution in [2.45, 2.75) is 167 Å². The van der Waals surface area contributed by atoms with E-state index < -0.39 is 38.6 Å². The molecule has 0 aliphatic rings. The van der Waals surface area contributed by atoms with E-state index in [1.54, 1.807) is 6.08 Å². The fourth-order valence-electron chi connectivity index (χ4n) is 5.03. The zero-order chi connectivity index (χ0) is 35.6. The van der Waals surface area contributed by atoms with Crippen LogP contribution in [0.3, 0.4) is 0 Å². The van der Waals surface area contributed by atoms with Gasteiger partial charge in [0.25, 0.3) is 0 Å². The van der Waals surface area contributed by atoms with E-state index in [4.69, 9.17) is 14.8 Å². The minimum atomic E-state index is -4.41. The number of carbonyl (C=O) groups is 1. The third kappa shape index (κ3) is 31.7. The second-order valence-electron chi connectivity index (χ2n) is 12.6. The molecule has 48 heavy (non-hydrogen) atoms. The van der Waals surface area contributed by atoms with Crippen LogP contribution >= 0.6 is 7.82 Å². The van der Waals surface area contributed by atoms with Crippen molar-refractivity contribution in [3.8, 4) is 0 Å². The molecule has 4 unspecified atom stereocenters. The molecule has 10 heteroatoms. The topological polar surface area (TPSA) is 151 Å². The molecule has 280 valence electrons. The molecule has 1 amide bonds. The number of allylic oxidation sites excluding steroid dienone is 7. The molecule has 0 aromatic heterocycles. The van der Waals surface area contributed by atoms with Gasteiger partial charge in [-0.2, -0.15) is 0 Å². The Morgan fingerprint density at radius 3 is 1.73 bits per heavy atom. The Balaban J connectivity index is 4.59. The predicted octanol–water partition coefficient (Wildman–Crippen LogP) is 8.74. The number of rotatable bonds is 34. The number of phosphoric acid groups is 1. The monoisotopic (exact) mass is 698 g/mol. The number of aliphatic hydroxyl groups excluding tert-OH is 2. The SMILES string of the molecule is CCCCCCC/C=C/CC/C=C/CC/C=C/C(O)C(COP(=O)(O)OCCN)NC(=O)CC(O)CCC/C=C\CCCCCCCC. The zero-order valence-corrected chi connectivity index (χ0v) is 31.2. The molecule has 0 radical (unpaired) electrons. The standard InChI is InChI=1S/C38H71N2O7P/c1-3-5-7-9-11-13-15-16-17-18-20-22-24-26-28-30-37(42)36(34-47-48(44,45)46-32-31-39)40-38(43)33-35(41)29-27-25-23-21-19-14-12-10-8-6-4-2/h15-16,20-23,28,30,35-37,41-42H,3-14,17-19,24-27,29,31-34,39H2,1-2H3,(H,40,43)(H,44,45)/b16-15+,22-20+,23-21-,30-28+. The maximum Gasteiger partial charge on any atom is 0.472 e. The van der Waals surface area contributed by atoms with Crippen molar-refractivity contribution in [2.24, 2.45) is 5.73 Å². The molecular weight excluding hydrogens is 627 g/mol. The summed E-state index contributed by atoms with van der Waals surface area (Å²) in [6.45, 7) is 3.87. The molecule has 6 N–H and O–H groups in total. The van der Waals surface area contributed by atoms with Crippen molar-refractivity contribution in [2.75, 3.05) is 19.8 Å². The van der Waals surface area contributed by atoms with Crippen LogP contribution < -0.4 is 11.1 Å². The van der Waals surface area contributed by atoms with Crippen LogP contribution in [-0.2, 0) is 18.4 Å². The summed E-state index contributed by atoms with van der Waals surface area (Å²) in [6, 6.07) is -1.01. The lowest BCUT2D eigenvalue weighted by molar-refractivity contribution is -0.124. The maximum atomic E-state index is 12.7. The van der Waals surface area contributed by atoms with Gasteiger partial charge in [-0.25, -0.2) is 4.57 Å². The van der Waals surface area contributed by atoms with Crippen LogP contribution in [0.25, 0.3) is 0 Å². The molecule has 0 saturated carbocycles. The molecule has 0 saturated heterocycles. The lowest BCUT2D eigenvalue weighted by atomic mass is 10.1. The molecule has 0 heterocycles. The fraction of sp³-hybridized carbons (Fsp3) is 0.763. The average molecular weight is 699 g/mol. The average Bonchev–Trinajstić information content (AvgIpc) is 3.06. The lowest BCUT2D eigenvalue weighted by Crippen LogP contribution is -2.46. The van der Waals surface area contributed by atoms with Gasteiger partial charge in [0.05, 0.1) is 37.9 Å². The highest BCUT2D eigenvalue weighted by atomic mass is 31.2. The number of hydrogen-bond acceptors (Lipinski definition) is 7. The molecule has 0 aliphatic heterocycles. The van der Waals surface area contributed by atoms with E-state index in [1.165, 1.54) is 70.6 Å². The van der Waals surface area contributed by atoms with Crippen molar-refractivity contribution in [1.29, 1.82) is 0 Å². The van der Waals surface area contributed by atoms with Crippen molar-refractivity contribution in [3.05, 3.63) is 48.6 Å². The number of hydrogen-bond donors (Lipinski definition) is 5. The van der Waals surface area contributed by atoms with Crippen molar-refractivity contribution in [1.82, 2.24) is 5.32 Å². The number of nitrogens with two attached hydrogens (primary N) is 1. The van der Waals surface area contributed by atoms with Crippen LogP contribution in [0, 0.1) is 0 Å². The van der Waals surface area contributed by atoms with Crippen molar-refractivity contribution < 1.29 is 33.5 Å². The van der Waals surface area contributed by atoms with Gasteiger partial charge in [0.1, 0.15) is 0 Å². The number of carbonyl (C=O) groups excluding carboxylic acids is 1. The molecule has 4 atom stereocenters. The van der Waals surface area contributed by atoms with E-state index in [0.29, 0.717) is 12.8 Å². The molecular formula is C38H71N2O7P. The fourth-order valence-corrected chi connectivity index (χ4v) is 5.79. The molecule has 0 aromatic rings. The number of unbranched alkanes of at least 4 members (excludes halogenated alkanes) is 14. The third-order valence-electron chi connectivity index (χ3n) is 7.91. The van der Waals surface area contributed by atoms with Gasteiger partial charge in [-0.15, -0.1) is 0 Å². The highest BCUT2D eigenvalue weighted by Gasteiger charge is 2.27. The van der Waals surface area contributed by atoms with E-state index in [9.17, 15) is 24.5 Å². The minimum Gasteiger partial charge on any atom is -0.393 e. The summed E-state index contributed by atoms with van der Waals surface area (Å²) < 4.78 is 21.9. The molecule has 0 rings (SSSR count). The lowest BCUT2D eigenvalue weighted by Gasteiger charge is -2.24. The first-order valence-corrected chi connectivity index (χ1v) is 20.3. The van der Waals surface area contributed by atoms with E-state index in [0.717, 1.165) is 44.9 Å². The third-order valence-corrected chi connectivity index (χ3v) is 8.89. The van der Waals surface area contributed by atoms with Gasteiger partial charge in [0, 0.05) is 6.54 Å². The Kier molecular flexibility index (Phi) is 32.8. The quantitative estimate of drug-likeness (QED) is 0.0254. The molecule has 0 aliphatic carbocycles. The van der Waals surface area contributed by atoms with Crippen molar-refractivity contribution >= 4 is 13.7 Å². The second kappa shape index (κ2) is 33.9. The number of aliphatic hydroxyl groups is 2. The molecule has 0 fully saturated rings. The Hall–Kier alpha value is -1.58. The largest absolute Gasteiger partial charge is 0.472 e. The summed E-state index contributed by atoms with van der Waals surface area (Å²) >= 11 is 0. The summed E-state index contributed by atoms with van der Waals surface area (Å²) in [4.78, 5) is 22.6. The van der Waals surface area contributed by atoms with Crippen LogP contribution in [0.1, 0.15) is 149 Å². The second-order valence-corrected chi connectivity index (χ2v) is 14.0. The van der Waals surface area contributed by atoms with E-state index in [-0.39, 0.29) is 19.6 Å². The first kappa shape index (κ1) is 46.4. The molecule has 9 nitrogen and oxygen atoms in total. The van der Waals surface area contributed by atoms with Gasteiger partial charge < -0.3 is 26.2 Å². The van der Waals surface area contributed by atoms with Crippen LogP contribution in [0.4, 0.5) is 0 Å². The Morgan fingerprint density at radius 1 is 0.708 bits per heavy atom. The highest BCUT2D eigenvalue weighted by Crippen LogP contribution is 2.43. The zero-order valence-electron chi connectivity index (χ0n) is 30.3. The maximum absolute atomic E-state index is 12.7. The smallest absolute Gasteiger partial charge is 0.393 e. The van der Waals surface area contributed by atoms with Gasteiger partial charge in [-0.3, -0.25) is 13.8 Å². The highest BCUT2D eigenvalue weighted by molar-refractivity contribution is 7.47. The van der Waals surface area contributed by atoms with Gasteiger partial charge in [-0.1, -0.05) is 120 Å². The molecule has 0 spiro atoms. The Labute approximate surface area is 293 Å². The summed E-state index contributed by atoms with van der Waals surface area (Å²) in [6.07, 6.45) is 36.3. The number of nitrogens with one attached hydrogen (secondary N) is 1. The van der Waals surface area contributed by atoms with E-state index >= 15 is 0 Å². The number of phosphoric ester groups is 1. The summed E-state index contributed by atoms with van der Waals surface area (Å²) in [5.74, 6) is -0.480. The first-order valence-electron chi connectivity index (χ1n) is 18.8. The van der Waals surface area contributed by atoms with Crippen molar-refractivity contribution in [3.63, 3.8) is 0 Å². The van der Waals surface area contributed by atoms with Crippen LogP contribution in [0.5, 0.6) is 0 Å². The predicted molar refractivity (Wildman–Crippen MR) is 200 cm³/mol. The summed E-state index contributed by atoms with van der Waals surface area (Å²) in [7, 11) is -4.41. The van der Waals surface area contributed by atoms with Gasteiger partial charge in [0.15, 0.2) is 0 Å². The summed E-state index contributed by atoms with van der Waals surface area (Å²) in [5.41, 5.74) is 5.34.